The molecule has 2 atom stereocenters. The van der Waals surface area contributed by atoms with E-state index in [0.717, 1.165) is 6.07 Å². The van der Waals surface area contributed by atoms with Gasteiger partial charge in [0, 0.05) is 18.3 Å². The minimum absolute atomic E-state index is 0.221. The highest BCUT2D eigenvalue weighted by Crippen LogP contribution is 2.40. The Kier molecular flexibility index (Phi) is 5.34. The first kappa shape index (κ1) is 19.4. The molecule has 6 nitrogen and oxygen atoms in total. The first-order chi connectivity index (χ1) is 13.3. The predicted octanol–water partition coefficient (Wildman–Crippen LogP) is 3.28. The second kappa shape index (κ2) is 7.71. The van der Waals surface area contributed by atoms with Gasteiger partial charge in [0.2, 0.25) is 17.7 Å². The maximum absolute atomic E-state index is 13.6. The van der Waals surface area contributed by atoms with Crippen LogP contribution in [0.15, 0.2) is 36.4 Å². The van der Waals surface area contributed by atoms with Gasteiger partial charge in [-0.1, -0.05) is 0 Å². The Bertz CT molecular complexity index is 947. The van der Waals surface area contributed by atoms with Gasteiger partial charge in [-0.15, -0.1) is 0 Å². The van der Waals surface area contributed by atoms with Crippen molar-refractivity contribution in [1.29, 1.82) is 0 Å². The number of nitrogens with one attached hydrogen (secondary N) is 3. The zero-order chi connectivity index (χ0) is 20.4. The number of hydrogen-bond donors (Lipinski definition) is 3. The Morgan fingerprint density at radius 2 is 1.32 bits per heavy atom. The van der Waals surface area contributed by atoms with E-state index in [4.69, 9.17) is 0 Å². The molecule has 0 saturated heterocycles. The Balaban J connectivity index is 1.56. The Morgan fingerprint density at radius 1 is 0.786 bits per heavy atom. The molecule has 0 aromatic heterocycles. The maximum atomic E-state index is 13.6. The molecule has 1 aliphatic carbocycles. The van der Waals surface area contributed by atoms with Gasteiger partial charge in [0.25, 0.3) is 0 Å². The molecule has 0 aliphatic heterocycles. The van der Waals surface area contributed by atoms with E-state index in [0.29, 0.717) is 17.4 Å². The van der Waals surface area contributed by atoms with Gasteiger partial charge >= 0.3 is 0 Å². The lowest BCUT2D eigenvalue weighted by Crippen LogP contribution is -2.21. The molecule has 1 aliphatic rings. The Labute approximate surface area is 158 Å². The van der Waals surface area contributed by atoms with Gasteiger partial charge in [0.1, 0.15) is 0 Å². The van der Waals surface area contributed by atoms with Crippen LogP contribution in [0.1, 0.15) is 13.3 Å². The minimum atomic E-state index is -1.68. The average Bonchev–Trinajstić information content (AvgIpc) is 3.44. The fourth-order valence-electron chi connectivity index (χ4n) is 2.70. The smallest absolute Gasteiger partial charge is 0.228 e. The van der Waals surface area contributed by atoms with E-state index in [2.05, 4.69) is 16.0 Å². The van der Waals surface area contributed by atoms with Crippen molar-refractivity contribution in [3.8, 4) is 0 Å². The summed E-state index contributed by atoms with van der Waals surface area (Å²) in [5, 5.41) is 7.41. The van der Waals surface area contributed by atoms with E-state index in [9.17, 15) is 27.6 Å². The number of anilines is 3. The normalized spacial score (nSPS) is 17.6. The summed E-state index contributed by atoms with van der Waals surface area (Å²) >= 11 is 0. The number of amides is 3. The fraction of sp³-hybridized carbons (Fsp3) is 0.211. The topological polar surface area (TPSA) is 87.3 Å². The highest BCUT2D eigenvalue weighted by atomic mass is 19.2. The third-order valence-electron chi connectivity index (χ3n) is 4.23. The highest BCUT2D eigenvalue weighted by Gasteiger charge is 2.48. The van der Waals surface area contributed by atoms with Crippen molar-refractivity contribution in [3.63, 3.8) is 0 Å². The molecule has 3 amide bonds. The number of benzene rings is 2. The van der Waals surface area contributed by atoms with Gasteiger partial charge in [-0.05, 0) is 42.8 Å². The molecule has 1 saturated carbocycles. The first-order valence-corrected chi connectivity index (χ1v) is 8.39. The molecular formula is C19H16F3N3O3. The molecule has 28 heavy (non-hydrogen) atoms. The summed E-state index contributed by atoms with van der Waals surface area (Å²) in [6, 6.07) is 8.03. The number of carbonyl (C=O) groups is 3. The van der Waals surface area contributed by atoms with Crippen LogP contribution in [0.3, 0.4) is 0 Å². The molecule has 0 radical (unpaired) electrons. The van der Waals surface area contributed by atoms with Crippen LogP contribution in [0.5, 0.6) is 0 Å². The zero-order valence-corrected chi connectivity index (χ0v) is 14.7. The van der Waals surface area contributed by atoms with Gasteiger partial charge in [-0.2, -0.15) is 0 Å². The molecular weight excluding hydrogens is 375 g/mol. The van der Waals surface area contributed by atoms with Crippen LogP contribution in [0.4, 0.5) is 30.2 Å². The predicted molar refractivity (Wildman–Crippen MR) is 95.9 cm³/mol. The van der Waals surface area contributed by atoms with Crippen molar-refractivity contribution < 1.29 is 27.6 Å². The standard InChI is InChI=1S/C19H16F3N3O3/c1-9(26)23-10-2-4-11(5-3-10)24-18(27)12-8-13(12)19(28)25-15-7-6-14(20)16(21)17(15)22/h2-7,12-13H,8H2,1H3,(H,23,26)(H,24,27)(H,25,28). The molecule has 2 unspecified atom stereocenters. The molecule has 1 fully saturated rings. The van der Waals surface area contributed by atoms with Crippen molar-refractivity contribution in [2.24, 2.45) is 11.8 Å². The van der Waals surface area contributed by atoms with E-state index in [1.54, 1.807) is 24.3 Å². The van der Waals surface area contributed by atoms with Crippen molar-refractivity contribution in [2.75, 3.05) is 16.0 Å². The van der Waals surface area contributed by atoms with E-state index in [1.165, 1.54) is 6.92 Å². The third-order valence-corrected chi connectivity index (χ3v) is 4.23. The van der Waals surface area contributed by atoms with Gasteiger partial charge in [0.05, 0.1) is 17.5 Å². The largest absolute Gasteiger partial charge is 0.326 e. The number of hydrogen-bond acceptors (Lipinski definition) is 3. The summed E-state index contributed by atoms with van der Waals surface area (Å²) in [6.07, 6.45) is 0.257. The van der Waals surface area contributed by atoms with Gasteiger partial charge in [-0.25, -0.2) is 13.2 Å². The summed E-state index contributed by atoms with van der Waals surface area (Å²) in [5.41, 5.74) is 0.572. The molecule has 0 spiro atoms. The van der Waals surface area contributed by atoms with Crippen molar-refractivity contribution in [1.82, 2.24) is 0 Å². The Hall–Kier alpha value is -3.36. The molecule has 3 N–H and O–H groups in total. The molecule has 9 heteroatoms. The number of halogens is 3. The summed E-state index contributed by atoms with van der Waals surface area (Å²) in [7, 11) is 0. The quantitative estimate of drug-likeness (QED) is 0.684. The van der Waals surface area contributed by atoms with E-state index >= 15 is 0 Å². The second-order valence-electron chi connectivity index (χ2n) is 6.41. The third kappa shape index (κ3) is 4.30. The van der Waals surface area contributed by atoms with Crippen molar-refractivity contribution in [2.45, 2.75) is 13.3 Å². The monoisotopic (exact) mass is 391 g/mol. The summed E-state index contributed by atoms with van der Waals surface area (Å²) in [5.74, 6) is -7.08. The van der Waals surface area contributed by atoms with Crippen LogP contribution in [-0.2, 0) is 14.4 Å². The van der Waals surface area contributed by atoms with Crippen LogP contribution < -0.4 is 16.0 Å². The van der Waals surface area contributed by atoms with Crippen LogP contribution in [0.25, 0.3) is 0 Å². The number of carbonyl (C=O) groups excluding carboxylic acids is 3. The average molecular weight is 391 g/mol. The lowest BCUT2D eigenvalue weighted by atomic mass is 10.2. The number of rotatable bonds is 5. The first-order valence-electron chi connectivity index (χ1n) is 8.39. The van der Waals surface area contributed by atoms with E-state index < -0.39 is 46.8 Å². The van der Waals surface area contributed by atoms with Crippen molar-refractivity contribution >= 4 is 34.8 Å². The molecule has 0 bridgehead atoms. The van der Waals surface area contributed by atoms with Crippen LogP contribution in [-0.4, -0.2) is 17.7 Å². The van der Waals surface area contributed by atoms with Gasteiger partial charge in [0.15, 0.2) is 17.5 Å². The lowest BCUT2D eigenvalue weighted by molar-refractivity contribution is -0.122. The molecule has 2 aromatic rings. The second-order valence-corrected chi connectivity index (χ2v) is 6.41. The lowest BCUT2D eigenvalue weighted by Gasteiger charge is -2.08. The van der Waals surface area contributed by atoms with Crippen LogP contribution >= 0.6 is 0 Å². The molecule has 2 aromatic carbocycles. The minimum Gasteiger partial charge on any atom is -0.326 e. The molecule has 146 valence electrons. The van der Waals surface area contributed by atoms with Crippen molar-refractivity contribution in [3.05, 3.63) is 53.8 Å². The molecule has 0 heterocycles. The van der Waals surface area contributed by atoms with Crippen LogP contribution in [0.2, 0.25) is 0 Å². The summed E-state index contributed by atoms with van der Waals surface area (Å²) < 4.78 is 39.8. The van der Waals surface area contributed by atoms with E-state index in [1.807, 2.05) is 0 Å². The van der Waals surface area contributed by atoms with Gasteiger partial charge in [-0.3, -0.25) is 14.4 Å². The summed E-state index contributed by atoms with van der Waals surface area (Å²) in [6.45, 7) is 1.38. The van der Waals surface area contributed by atoms with E-state index in [-0.39, 0.29) is 12.3 Å². The Morgan fingerprint density at radius 3 is 1.89 bits per heavy atom. The highest BCUT2D eigenvalue weighted by molar-refractivity contribution is 6.03. The molecule has 3 rings (SSSR count). The maximum Gasteiger partial charge on any atom is 0.228 e. The zero-order valence-electron chi connectivity index (χ0n) is 14.7. The fourth-order valence-corrected chi connectivity index (χ4v) is 2.70. The van der Waals surface area contributed by atoms with Crippen LogP contribution in [0, 0.1) is 29.3 Å². The van der Waals surface area contributed by atoms with Gasteiger partial charge < -0.3 is 16.0 Å². The summed E-state index contributed by atoms with van der Waals surface area (Å²) in [4.78, 5) is 35.3. The SMILES string of the molecule is CC(=O)Nc1ccc(NC(=O)C2CC2C(=O)Nc2ccc(F)c(F)c2F)cc1.